The Morgan fingerprint density at radius 3 is 2.56 bits per heavy atom. The summed E-state index contributed by atoms with van der Waals surface area (Å²) in [5, 5.41) is 7.49. The van der Waals surface area contributed by atoms with Crippen molar-refractivity contribution in [2.75, 3.05) is 11.9 Å². The third-order valence-corrected chi connectivity index (χ3v) is 4.27. The number of esters is 1. The predicted molar refractivity (Wildman–Crippen MR) is 102 cm³/mol. The lowest BCUT2D eigenvalue weighted by Gasteiger charge is -2.11. The first-order valence-electron chi connectivity index (χ1n) is 8.93. The monoisotopic (exact) mass is 369 g/mol. The molecule has 0 unspecified atom stereocenters. The highest BCUT2D eigenvalue weighted by atomic mass is 16.5. The Morgan fingerprint density at radius 1 is 1.22 bits per heavy atom. The van der Waals surface area contributed by atoms with Crippen LogP contribution in [0.15, 0.2) is 35.1 Å². The Morgan fingerprint density at radius 2 is 1.93 bits per heavy atom. The number of fused-ring (bicyclic) bond motifs is 1. The Kier molecular flexibility index (Phi) is 5.25. The summed E-state index contributed by atoms with van der Waals surface area (Å²) in [5.41, 5.74) is 2.31. The molecule has 3 rings (SSSR count). The van der Waals surface area contributed by atoms with Gasteiger partial charge in [0, 0.05) is 17.4 Å². The summed E-state index contributed by atoms with van der Waals surface area (Å²) in [6.07, 6.45) is 0.399. The van der Waals surface area contributed by atoms with Gasteiger partial charge in [0.2, 0.25) is 0 Å². The number of anilines is 2. The summed E-state index contributed by atoms with van der Waals surface area (Å²) in [5.74, 6) is 0.337. The van der Waals surface area contributed by atoms with Crippen LogP contribution in [0.3, 0.4) is 0 Å². The molecule has 0 aliphatic heterocycles. The molecule has 1 N–H and O–H groups in total. The molecule has 0 radical (unpaired) electrons. The summed E-state index contributed by atoms with van der Waals surface area (Å²) in [6.45, 7) is 7.60. The molecule has 142 valence electrons. The highest BCUT2D eigenvalue weighted by Gasteiger charge is 2.25. The second-order valence-corrected chi connectivity index (χ2v) is 6.31. The summed E-state index contributed by atoms with van der Waals surface area (Å²) in [7, 11) is 0. The van der Waals surface area contributed by atoms with E-state index in [0.717, 1.165) is 15.9 Å². The molecule has 3 aromatic rings. The Hall–Kier alpha value is -3.16. The van der Waals surface area contributed by atoms with Gasteiger partial charge in [0.25, 0.3) is 5.78 Å². The van der Waals surface area contributed by atoms with E-state index >= 15 is 0 Å². The molecule has 1 atom stereocenters. The van der Waals surface area contributed by atoms with Crippen LogP contribution in [0.2, 0.25) is 0 Å². The van der Waals surface area contributed by atoms with E-state index in [9.17, 15) is 9.59 Å². The second-order valence-electron chi connectivity index (χ2n) is 6.31. The number of carbonyl (C=O) groups excluding carboxylic acids is 1. The first-order valence-corrected chi connectivity index (χ1v) is 8.93. The minimum Gasteiger partial charge on any atom is -0.464 e. The number of aromatic nitrogens is 4. The number of rotatable bonds is 6. The molecular formula is C19H23N5O3. The third-order valence-electron chi connectivity index (χ3n) is 4.27. The van der Waals surface area contributed by atoms with Crippen LogP contribution in [0, 0.1) is 13.8 Å². The summed E-state index contributed by atoms with van der Waals surface area (Å²) in [4.78, 5) is 29.3. The van der Waals surface area contributed by atoms with Crippen molar-refractivity contribution in [1.82, 2.24) is 19.2 Å². The van der Waals surface area contributed by atoms with E-state index in [0.29, 0.717) is 17.9 Å². The van der Waals surface area contributed by atoms with Crippen LogP contribution < -0.4 is 11.0 Å². The molecule has 0 spiro atoms. The highest BCUT2D eigenvalue weighted by Crippen LogP contribution is 2.18. The molecule has 0 bridgehead atoms. The third kappa shape index (κ3) is 3.69. The summed E-state index contributed by atoms with van der Waals surface area (Å²) in [6, 6.07) is 8.90. The molecule has 0 aliphatic carbocycles. The van der Waals surface area contributed by atoms with E-state index < -0.39 is 17.7 Å². The van der Waals surface area contributed by atoms with Crippen molar-refractivity contribution < 1.29 is 9.53 Å². The minimum atomic E-state index is -0.771. The fourth-order valence-electron chi connectivity index (χ4n) is 2.88. The molecule has 2 aromatic heterocycles. The number of nitrogens with one attached hydrogen (secondary N) is 1. The molecule has 8 heteroatoms. The number of ether oxygens (including phenoxy) is 1. The Bertz CT molecular complexity index is 1020. The van der Waals surface area contributed by atoms with Gasteiger partial charge in [-0.2, -0.15) is 9.67 Å². The fraction of sp³-hybridized carbons (Fsp3) is 0.368. The van der Waals surface area contributed by atoms with Gasteiger partial charge in [0.1, 0.15) is 5.82 Å². The van der Waals surface area contributed by atoms with Crippen molar-refractivity contribution in [2.24, 2.45) is 0 Å². The van der Waals surface area contributed by atoms with E-state index in [1.807, 2.05) is 38.1 Å². The molecule has 0 saturated carbocycles. The van der Waals surface area contributed by atoms with Crippen molar-refractivity contribution in [2.45, 2.75) is 40.2 Å². The average Bonchev–Trinajstić information content (AvgIpc) is 2.95. The van der Waals surface area contributed by atoms with Crippen LogP contribution >= 0.6 is 0 Å². The molecule has 0 amide bonds. The normalized spacial score (nSPS) is 12.1. The van der Waals surface area contributed by atoms with E-state index in [1.165, 1.54) is 4.40 Å². The predicted octanol–water partition coefficient (Wildman–Crippen LogP) is 2.77. The zero-order chi connectivity index (χ0) is 19.6. The SMILES string of the molecule is CCOC(=O)[C@@H](CC)n1nc2nc(Nc3ccc(C)cc3)cc(C)n2c1=O. The molecule has 27 heavy (non-hydrogen) atoms. The van der Waals surface area contributed by atoms with Gasteiger partial charge in [-0.15, -0.1) is 5.10 Å². The van der Waals surface area contributed by atoms with Crippen LogP contribution in [-0.2, 0) is 9.53 Å². The van der Waals surface area contributed by atoms with Gasteiger partial charge in [-0.25, -0.2) is 14.0 Å². The molecule has 0 saturated heterocycles. The zero-order valence-electron chi connectivity index (χ0n) is 15.9. The van der Waals surface area contributed by atoms with Crippen LogP contribution in [0.1, 0.15) is 37.6 Å². The minimum absolute atomic E-state index is 0.234. The van der Waals surface area contributed by atoms with Gasteiger partial charge in [-0.3, -0.25) is 0 Å². The molecule has 2 heterocycles. The van der Waals surface area contributed by atoms with E-state index in [2.05, 4.69) is 15.4 Å². The first kappa shape index (κ1) is 18.6. The number of benzene rings is 1. The number of hydrogen-bond acceptors (Lipinski definition) is 6. The lowest BCUT2D eigenvalue weighted by molar-refractivity contribution is -0.147. The van der Waals surface area contributed by atoms with Gasteiger partial charge in [-0.05, 0) is 39.3 Å². The molecule has 0 fully saturated rings. The maximum Gasteiger partial charge on any atom is 0.352 e. The fourth-order valence-corrected chi connectivity index (χ4v) is 2.88. The lowest BCUT2D eigenvalue weighted by atomic mass is 10.2. The summed E-state index contributed by atoms with van der Waals surface area (Å²) < 4.78 is 7.61. The molecule has 8 nitrogen and oxygen atoms in total. The van der Waals surface area contributed by atoms with Crippen molar-refractivity contribution in [3.8, 4) is 0 Å². The van der Waals surface area contributed by atoms with Crippen LogP contribution in [0.25, 0.3) is 5.78 Å². The number of carbonyl (C=O) groups is 1. The number of aryl methyl sites for hydroxylation is 2. The van der Waals surface area contributed by atoms with Crippen molar-refractivity contribution in [3.05, 3.63) is 52.1 Å². The smallest absolute Gasteiger partial charge is 0.352 e. The maximum atomic E-state index is 12.8. The quantitative estimate of drug-likeness (QED) is 0.672. The number of hydrogen-bond donors (Lipinski definition) is 1. The van der Waals surface area contributed by atoms with E-state index in [1.54, 1.807) is 19.9 Å². The summed E-state index contributed by atoms with van der Waals surface area (Å²) >= 11 is 0. The van der Waals surface area contributed by atoms with Crippen LogP contribution in [0.5, 0.6) is 0 Å². The van der Waals surface area contributed by atoms with Gasteiger partial charge in [0.05, 0.1) is 6.61 Å². The Balaban J connectivity index is 2.01. The van der Waals surface area contributed by atoms with Gasteiger partial charge < -0.3 is 10.1 Å². The van der Waals surface area contributed by atoms with E-state index in [4.69, 9.17) is 4.74 Å². The van der Waals surface area contributed by atoms with Crippen LogP contribution in [-0.4, -0.2) is 31.7 Å². The van der Waals surface area contributed by atoms with Crippen molar-refractivity contribution in [3.63, 3.8) is 0 Å². The average molecular weight is 369 g/mol. The first-order chi connectivity index (χ1) is 12.9. The highest BCUT2D eigenvalue weighted by molar-refractivity contribution is 5.74. The van der Waals surface area contributed by atoms with Crippen molar-refractivity contribution in [1.29, 1.82) is 0 Å². The molecule has 1 aromatic carbocycles. The van der Waals surface area contributed by atoms with Gasteiger partial charge >= 0.3 is 11.7 Å². The topological polar surface area (TPSA) is 90.5 Å². The molecule has 0 aliphatic rings. The second kappa shape index (κ2) is 7.61. The maximum absolute atomic E-state index is 12.8. The lowest BCUT2D eigenvalue weighted by Crippen LogP contribution is -2.31. The van der Waals surface area contributed by atoms with Crippen molar-refractivity contribution >= 4 is 23.3 Å². The standard InChI is InChI=1S/C19H23N5O3/c1-5-15(17(25)27-6-2)24-19(26)23-13(4)11-16(21-18(23)22-24)20-14-9-7-12(3)8-10-14/h7-11,15H,5-6H2,1-4H3,(H,20,21,22)/t15-/m1/s1. The molecular weight excluding hydrogens is 346 g/mol. The number of nitrogens with zero attached hydrogens (tertiary/aromatic N) is 4. The van der Waals surface area contributed by atoms with E-state index in [-0.39, 0.29) is 12.4 Å². The van der Waals surface area contributed by atoms with Crippen LogP contribution in [0.4, 0.5) is 11.5 Å². The Labute approximate surface area is 156 Å². The van der Waals surface area contributed by atoms with Gasteiger partial charge in [0.15, 0.2) is 6.04 Å². The van der Waals surface area contributed by atoms with Gasteiger partial charge in [-0.1, -0.05) is 24.6 Å². The zero-order valence-corrected chi connectivity index (χ0v) is 15.9. The largest absolute Gasteiger partial charge is 0.464 e.